The average Bonchev–Trinajstić information content (AvgIpc) is 2.38. The van der Waals surface area contributed by atoms with Crippen molar-refractivity contribution in [2.45, 2.75) is 12.5 Å². The van der Waals surface area contributed by atoms with Crippen LogP contribution < -0.4 is 11.3 Å². The van der Waals surface area contributed by atoms with Crippen molar-refractivity contribution >= 4 is 0 Å². The highest BCUT2D eigenvalue weighted by Crippen LogP contribution is 2.13. The smallest absolute Gasteiger partial charge is 0.146 e. The van der Waals surface area contributed by atoms with E-state index in [1.807, 2.05) is 18.2 Å². The van der Waals surface area contributed by atoms with Crippen LogP contribution in [0.4, 0.5) is 0 Å². The Morgan fingerprint density at radius 3 is 2.38 bits per heavy atom. The molecule has 4 heteroatoms. The van der Waals surface area contributed by atoms with Crippen LogP contribution in [0.5, 0.6) is 0 Å². The maximum atomic E-state index is 5.52. The minimum atomic E-state index is -0.0522. The van der Waals surface area contributed by atoms with Crippen LogP contribution in [0.2, 0.25) is 0 Å². The summed E-state index contributed by atoms with van der Waals surface area (Å²) in [5.41, 5.74) is 3.95. The van der Waals surface area contributed by atoms with Gasteiger partial charge in [0.2, 0.25) is 0 Å². The number of aromatic nitrogens is 2. The van der Waals surface area contributed by atoms with Gasteiger partial charge in [-0.25, -0.2) is 15.4 Å². The molecule has 16 heavy (non-hydrogen) atoms. The minimum absolute atomic E-state index is 0.0522. The van der Waals surface area contributed by atoms with E-state index in [0.717, 1.165) is 6.42 Å². The molecule has 1 unspecified atom stereocenters. The molecule has 1 aromatic heterocycles. The van der Waals surface area contributed by atoms with Gasteiger partial charge in [0.25, 0.3) is 0 Å². The van der Waals surface area contributed by atoms with Gasteiger partial charge in [-0.1, -0.05) is 30.3 Å². The lowest BCUT2D eigenvalue weighted by Gasteiger charge is -2.13. The molecule has 0 aliphatic heterocycles. The van der Waals surface area contributed by atoms with Crippen LogP contribution in [-0.4, -0.2) is 9.97 Å². The summed E-state index contributed by atoms with van der Waals surface area (Å²) in [5, 5.41) is 0. The van der Waals surface area contributed by atoms with E-state index in [1.165, 1.54) is 5.56 Å². The molecule has 4 nitrogen and oxygen atoms in total. The van der Waals surface area contributed by atoms with E-state index < -0.39 is 0 Å². The summed E-state index contributed by atoms with van der Waals surface area (Å²) in [7, 11) is 0. The molecule has 1 aromatic carbocycles. The van der Waals surface area contributed by atoms with Gasteiger partial charge in [-0.2, -0.15) is 0 Å². The van der Waals surface area contributed by atoms with Crippen molar-refractivity contribution in [3.63, 3.8) is 0 Å². The molecule has 82 valence electrons. The lowest BCUT2D eigenvalue weighted by atomic mass is 10.1. The summed E-state index contributed by atoms with van der Waals surface area (Å²) in [5.74, 6) is 6.24. The van der Waals surface area contributed by atoms with Gasteiger partial charge in [0, 0.05) is 12.4 Å². The number of nitrogens with zero attached hydrogens (tertiary/aromatic N) is 2. The molecule has 0 spiro atoms. The van der Waals surface area contributed by atoms with Gasteiger partial charge in [0.05, 0.1) is 6.04 Å². The lowest BCUT2D eigenvalue weighted by molar-refractivity contribution is 0.522. The average molecular weight is 214 g/mol. The summed E-state index contributed by atoms with van der Waals surface area (Å²) in [6.45, 7) is 0. The molecule has 2 aromatic rings. The van der Waals surface area contributed by atoms with Crippen LogP contribution >= 0.6 is 0 Å². The summed E-state index contributed by atoms with van der Waals surface area (Å²) in [6.07, 6.45) is 4.22. The van der Waals surface area contributed by atoms with Gasteiger partial charge >= 0.3 is 0 Å². The molecular formula is C12H14N4. The number of nitrogens with two attached hydrogens (primary N) is 1. The van der Waals surface area contributed by atoms with Gasteiger partial charge in [-0.05, 0) is 18.1 Å². The Balaban J connectivity index is 2.13. The third-order valence-electron chi connectivity index (χ3n) is 2.38. The normalized spacial score (nSPS) is 12.3. The molecule has 0 saturated heterocycles. The van der Waals surface area contributed by atoms with Crippen LogP contribution in [0.15, 0.2) is 48.8 Å². The van der Waals surface area contributed by atoms with Gasteiger partial charge in [-0.3, -0.25) is 5.84 Å². The molecular weight excluding hydrogens is 200 g/mol. The molecule has 0 bridgehead atoms. The maximum absolute atomic E-state index is 5.52. The van der Waals surface area contributed by atoms with E-state index in [4.69, 9.17) is 5.84 Å². The van der Waals surface area contributed by atoms with Crippen LogP contribution in [0.3, 0.4) is 0 Å². The van der Waals surface area contributed by atoms with E-state index in [2.05, 4.69) is 27.5 Å². The van der Waals surface area contributed by atoms with Crippen molar-refractivity contribution in [2.75, 3.05) is 0 Å². The highest BCUT2D eigenvalue weighted by atomic mass is 15.2. The molecule has 1 heterocycles. The Bertz CT molecular complexity index is 416. The Morgan fingerprint density at radius 1 is 1.06 bits per heavy atom. The molecule has 0 saturated carbocycles. The fourth-order valence-electron chi connectivity index (χ4n) is 1.57. The SMILES string of the molecule is NNC(Cc1ccccc1)c1ncccn1. The molecule has 3 N–H and O–H groups in total. The van der Waals surface area contributed by atoms with E-state index in [1.54, 1.807) is 18.5 Å². The van der Waals surface area contributed by atoms with Gasteiger partial charge in [0.15, 0.2) is 0 Å². The maximum Gasteiger partial charge on any atom is 0.146 e. The van der Waals surface area contributed by atoms with Crippen LogP contribution in [0, 0.1) is 0 Å². The quantitative estimate of drug-likeness (QED) is 0.593. The lowest BCUT2D eigenvalue weighted by Crippen LogP contribution is -2.30. The molecule has 0 aliphatic carbocycles. The van der Waals surface area contributed by atoms with Crippen molar-refractivity contribution in [1.82, 2.24) is 15.4 Å². The summed E-state index contributed by atoms with van der Waals surface area (Å²) >= 11 is 0. The number of benzene rings is 1. The zero-order valence-corrected chi connectivity index (χ0v) is 8.88. The second-order valence-electron chi connectivity index (χ2n) is 3.52. The third kappa shape index (κ3) is 2.62. The second kappa shape index (κ2) is 5.34. The number of hydrazine groups is 1. The van der Waals surface area contributed by atoms with Crippen LogP contribution in [0.1, 0.15) is 17.4 Å². The van der Waals surface area contributed by atoms with E-state index >= 15 is 0 Å². The molecule has 0 aliphatic rings. The summed E-state index contributed by atoms with van der Waals surface area (Å²) < 4.78 is 0. The first kappa shape index (κ1) is 10.7. The molecule has 2 rings (SSSR count). The summed E-state index contributed by atoms with van der Waals surface area (Å²) in [6, 6.07) is 11.9. The first-order valence-corrected chi connectivity index (χ1v) is 5.17. The predicted molar refractivity (Wildman–Crippen MR) is 62.2 cm³/mol. The van der Waals surface area contributed by atoms with Crippen molar-refractivity contribution in [3.8, 4) is 0 Å². The van der Waals surface area contributed by atoms with E-state index in [9.17, 15) is 0 Å². The molecule has 1 atom stereocenters. The second-order valence-corrected chi connectivity index (χ2v) is 3.52. The van der Waals surface area contributed by atoms with Crippen molar-refractivity contribution < 1.29 is 0 Å². The van der Waals surface area contributed by atoms with Crippen molar-refractivity contribution in [2.24, 2.45) is 5.84 Å². The third-order valence-corrected chi connectivity index (χ3v) is 2.38. The predicted octanol–water partition coefficient (Wildman–Crippen LogP) is 1.22. The fraction of sp³-hybridized carbons (Fsp3) is 0.167. The first-order chi connectivity index (χ1) is 7.90. The monoisotopic (exact) mass is 214 g/mol. The van der Waals surface area contributed by atoms with Crippen LogP contribution in [-0.2, 0) is 6.42 Å². The fourth-order valence-corrected chi connectivity index (χ4v) is 1.57. The first-order valence-electron chi connectivity index (χ1n) is 5.17. The van der Waals surface area contributed by atoms with Crippen molar-refractivity contribution in [3.05, 3.63) is 60.2 Å². The Morgan fingerprint density at radius 2 is 1.75 bits per heavy atom. The topological polar surface area (TPSA) is 63.8 Å². The minimum Gasteiger partial charge on any atom is -0.271 e. The Kier molecular flexibility index (Phi) is 3.58. The molecule has 0 radical (unpaired) electrons. The zero-order chi connectivity index (χ0) is 11.2. The summed E-state index contributed by atoms with van der Waals surface area (Å²) in [4.78, 5) is 8.38. The highest BCUT2D eigenvalue weighted by molar-refractivity contribution is 5.17. The standard InChI is InChI=1S/C12H14N4/c13-16-11(12-14-7-4-8-15-12)9-10-5-2-1-3-6-10/h1-8,11,16H,9,13H2. The largest absolute Gasteiger partial charge is 0.271 e. The van der Waals surface area contributed by atoms with Crippen LogP contribution in [0.25, 0.3) is 0 Å². The van der Waals surface area contributed by atoms with Crippen molar-refractivity contribution in [1.29, 1.82) is 0 Å². The zero-order valence-electron chi connectivity index (χ0n) is 8.88. The number of hydrogen-bond donors (Lipinski definition) is 2. The molecule has 0 amide bonds. The van der Waals surface area contributed by atoms with E-state index in [-0.39, 0.29) is 6.04 Å². The van der Waals surface area contributed by atoms with E-state index in [0.29, 0.717) is 5.82 Å². The molecule has 0 fully saturated rings. The number of nitrogens with one attached hydrogen (secondary N) is 1. The Labute approximate surface area is 94.5 Å². The number of hydrogen-bond acceptors (Lipinski definition) is 4. The van der Waals surface area contributed by atoms with Gasteiger partial charge in [0.1, 0.15) is 5.82 Å². The number of rotatable bonds is 4. The highest BCUT2D eigenvalue weighted by Gasteiger charge is 2.12. The Hall–Kier alpha value is -1.78. The van der Waals surface area contributed by atoms with Gasteiger partial charge < -0.3 is 0 Å². The van der Waals surface area contributed by atoms with Gasteiger partial charge in [-0.15, -0.1) is 0 Å².